The van der Waals surface area contributed by atoms with Crippen molar-refractivity contribution in [1.29, 1.82) is 0 Å². The van der Waals surface area contributed by atoms with Gasteiger partial charge in [0.05, 0.1) is 18.3 Å². The number of likely N-dealkylation sites (tertiary alicyclic amines) is 1. The first-order chi connectivity index (χ1) is 10.2. The summed E-state index contributed by atoms with van der Waals surface area (Å²) in [4.78, 5) is 13.8. The topological polar surface area (TPSA) is 59.0 Å². The third-order valence-electron chi connectivity index (χ3n) is 4.33. The minimum Gasteiger partial charge on any atom is -0.445 e. The van der Waals surface area contributed by atoms with Crippen LogP contribution >= 0.6 is 0 Å². The van der Waals surface area contributed by atoms with Gasteiger partial charge in [-0.3, -0.25) is 0 Å². The molecule has 21 heavy (non-hydrogen) atoms. The smallest absolute Gasteiger partial charge is 0.410 e. The molecule has 1 N–H and O–H groups in total. The van der Waals surface area contributed by atoms with Gasteiger partial charge in [0.2, 0.25) is 0 Å². The van der Waals surface area contributed by atoms with Crippen LogP contribution in [-0.2, 0) is 16.1 Å². The maximum Gasteiger partial charge on any atom is 0.410 e. The Kier molecular flexibility index (Phi) is 4.12. The molecule has 2 aliphatic heterocycles. The molecule has 2 aliphatic rings. The highest BCUT2D eigenvalue weighted by atomic mass is 16.6. The summed E-state index contributed by atoms with van der Waals surface area (Å²) in [5.74, 6) is 0. The van der Waals surface area contributed by atoms with Crippen LogP contribution in [0, 0.1) is 0 Å². The molecule has 0 saturated carbocycles. The maximum absolute atomic E-state index is 12.1. The normalized spacial score (nSPS) is 24.2. The van der Waals surface area contributed by atoms with Crippen LogP contribution in [0.25, 0.3) is 0 Å². The molecule has 1 aromatic carbocycles. The summed E-state index contributed by atoms with van der Waals surface area (Å²) >= 11 is 0. The fraction of sp³-hybridized carbons (Fsp3) is 0.562. The van der Waals surface area contributed by atoms with Crippen molar-refractivity contribution >= 4 is 6.09 Å². The third-order valence-corrected chi connectivity index (χ3v) is 4.33. The number of aliphatic hydroxyl groups is 1. The average Bonchev–Trinajstić information content (AvgIpc) is 2.87. The lowest BCUT2D eigenvalue weighted by molar-refractivity contribution is -0.0430. The van der Waals surface area contributed by atoms with E-state index in [1.807, 2.05) is 30.3 Å². The predicted molar refractivity (Wildman–Crippen MR) is 76.7 cm³/mol. The number of carbonyl (C=O) groups is 1. The van der Waals surface area contributed by atoms with Gasteiger partial charge in [-0.25, -0.2) is 4.79 Å². The number of hydrogen-bond donors (Lipinski definition) is 1. The number of nitrogens with zero attached hydrogens (tertiary/aromatic N) is 1. The van der Waals surface area contributed by atoms with Crippen molar-refractivity contribution in [2.45, 2.75) is 37.6 Å². The summed E-state index contributed by atoms with van der Waals surface area (Å²) in [7, 11) is 0. The molecular weight excluding hydrogens is 270 g/mol. The zero-order valence-corrected chi connectivity index (χ0v) is 12.0. The fourth-order valence-electron chi connectivity index (χ4n) is 3.08. The van der Waals surface area contributed by atoms with E-state index in [1.165, 1.54) is 0 Å². The standard InChI is InChI=1S/C16H21NO4/c18-14-10-16(21-12-14)6-8-17(9-7-16)15(19)20-11-13-4-2-1-3-5-13/h1-5,14,18H,6-12H2/t14-/m1/s1. The van der Waals surface area contributed by atoms with Crippen molar-refractivity contribution in [3.63, 3.8) is 0 Å². The summed E-state index contributed by atoms with van der Waals surface area (Å²) in [6, 6.07) is 9.66. The predicted octanol–water partition coefficient (Wildman–Crippen LogP) is 1.94. The zero-order valence-electron chi connectivity index (χ0n) is 12.0. The molecule has 2 fully saturated rings. The van der Waals surface area contributed by atoms with Crippen molar-refractivity contribution in [3.05, 3.63) is 35.9 Å². The Morgan fingerprint density at radius 2 is 2.05 bits per heavy atom. The molecule has 1 amide bonds. The second-order valence-corrected chi connectivity index (χ2v) is 5.88. The highest BCUT2D eigenvalue weighted by Crippen LogP contribution is 2.35. The molecule has 1 spiro atoms. The van der Waals surface area contributed by atoms with Crippen LogP contribution in [0.5, 0.6) is 0 Å². The summed E-state index contributed by atoms with van der Waals surface area (Å²) < 4.78 is 11.1. The summed E-state index contributed by atoms with van der Waals surface area (Å²) in [6.07, 6.45) is 1.59. The number of ether oxygens (including phenoxy) is 2. The molecule has 0 bridgehead atoms. The molecule has 2 heterocycles. The number of piperidine rings is 1. The van der Waals surface area contributed by atoms with Crippen LogP contribution in [0.1, 0.15) is 24.8 Å². The van der Waals surface area contributed by atoms with Gasteiger partial charge in [0.1, 0.15) is 6.61 Å². The minimum atomic E-state index is -0.360. The Bertz CT molecular complexity index is 482. The molecule has 5 nitrogen and oxygen atoms in total. The molecular formula is C16H21NO4. The highest BCUT2D eigenvalue weighted by Gasteiger charge is 2.43. The zero-order chi connectivity index (χ0) is 14.7. The monoisotopic (exact) mass is 291 g/mol. The number of amides is 1. The van der Waals surface area contributed by atoms with E-state index in [4.69, 9.17) is 9.47 Å². The van der Waals surface area contributed by atoms with Crippen molar-refractivity contribution in [1.82, 2.24) is 4.90 Å². The molecule has 5 heteroatoms. The number of benzene rings is 1. The van der Waals surface area contributed by atoms with Gasteiger partial charge in [0, 0.05) is 19.5 Å². The minimum absolute atomic E-state index is 0.227. The van der Waals surface area contributed by atoms with Gasteiger partial charge in [-0.1, -0.05) is 30.3 Å². The van der Waals surface area contributed by atoms with Gasteiger partial charge in [-0.2, -0.15) is 0 Å². The maximum atomic E-state index is 12.1. The van der Waals surface area contributed by atoms with Crippen molar-refractivity contribution in [2.24, 2.45) is 0 Å². The van der Waals surface area contributed by atoms with Gasteiger partial charge in [-0.15, -0.1) is 0 Å². The summed E-state index contributed by atoms with van der Waals surface area (Å²) in [6.45, 7) is 1.97. The highest BCUT2D eigenvalue weighted by molar-refractivity contribution is 5.67. The van der Waals surface area contributed by atoms with Gasteiger partial charge < -0.3 is 19.5 Å². The number of hydrogen-bond acceptors (Lipinski definition) is 4. The Hall–Kier alpha value is -1.59. The van der Waals surface area contributed by atoms with E-state index in [1.54, 1.807) is 4.90 Å². The first-order valence-corrected chi connectivity index (χ1v) is 7.45. The average molecular weight is 291 g/mol. The van der Waals surface area contributed by atoms with Crippen molar-refractivity contribution in [2.75, 3.05) is 19.7 Å². The molecule has 0 aromatic heterocycles. The Labute approximate surface area is 124 Å². The van der Waals surface area contributed by atoms with Crippen LogP contribution in [0.2, 0.25) is 0 Å². The largest absolute Gasteiger partial charge is 0.445 e. The lowest BCUT2D eigenvalue weighted by atomic mass is 9.88. The molecule has 1 aromatic rings. The quantitative estimate of drug-likeness (QED) is 0.904. The second kappa shape index (κ2) is 6.03. The lowest BCUT2D eigenvalue weighted by Gasteiger charge is -2.37. The van der Waals surface area contributed by atoms with Crippen molar-refractivity contribution < 1.29 is 19.4 Å². The number of rotatable bonds is 2. The van der Waals surface area contributed by atoms with E-state index in [-0.39, 0.29) is 17.8 Å². The van der Waals surface area contributed by atoms with Crippen LogP contribution in [0.3, 0.4) is 0 Å². The molecule has 0 unspecified atom stereocenters. The molecule has 114 valence electrons. The third kappa shape index (κ3) is 3.36. The van der Waals surface area contributed by atoms with E-state index in [9.17, 15) is 9.90 Å². The SMILES string of the molecule is O=C(OCc1ccccc1)N1CCC2(CC1)C[C@@H](O)CO2. The molecule has 0 aliphatic carbocycles. The molecule has 3 rings (SSSR count). The van der Waals surface area contributed by atoms with Crippen LogP contribution < -0.4 is 0 Å². The van der Waals surface area contributed by atoms with Gasteiger partial charge in [0.15, 0.2) is 0 Å². The summed E-state index contributed by atoms with van der Waals surface area (Å²) in [5.41, 5.74) is 0.761. The van der Waals surface area contributed by atoms with Crippen LogP contribution in [0.4, 0.5) is 4.79 Å². The first kappa shape index (κ1) is 14.4. The van der Waals surface area contributed by atoms with E-state index < -0.39 is 0 Å². The molecule has 0 radical (unpaired) electrons. The van der Waals surface area contributed by atoms with E-state index >= 15 is 0 Å². The lowest BCUT2D eigenvalue weighted by Crippen LogP contribution is -2.46. The van der Waals surface area contributed by atoms with Crippen molar-refractivity contribution in [3.8, 4) is 0 Å². The van der Waals surface area contributed by atoms with Crippen LogP contribution in [-0.4, -0.2) is 47.5 Å². The molecule has 1 atom stereocenters. The van der Waals surface area contributed by atoms with Gasteiger partial charge >= 0.3 is 6.09 Å². The summed E-state index contributed by atoms with van der Waals surface area (Å²) in [5, 5.41) is 9.60. The Morgan fingerprint density at radius 3 is 2.67 bits per heavy atom. The van der Waals surface area contributed by atoms with E-state index in [0.717, 1.165) is 18.4 Å². The Balaban J connectivity index is 1.47. The second-order valence-electron chi connectivity index (χ2n) is 5.88. The van der Waals surface area contributed by atoms with E-state index in [2.05, 4.69) is 0 Å². The fourth-order valence-corrected chi connectivity index (χ4v) is 3.08. The number of aliphatic hydroxyl groups excluding tert-OH is 1. The van der Waals surface area contributed by atoms with Gasteiger partial charge in [-0.05, 0) is 18.4 Å². The first-order valence-electron chi connectivity index (χ1n) is 7.45. The molecule has 2 saturated heterocycles. The Morgan fingerprint density at radius 1 is 1.33 bits per heavy atom. The van der Waals surface area contributed by atoms with Crippen LogP contribution in [0.15, 0.2) is 30.3 Å². The van der Waals surface area contributed by atoms with E-state index in [0.29, 0.717) is 32.7 Å². The van der Waals surface area contributed by atoms with Gasteiger partial charge in [0.25, 0.3) is 0 Å². The number of carbonyl (C=O) groups excluding carboxylic acids is 1.